The lowest BCUT2D eigenvalue weighted by atomic mass is 10.00. The molecular formula is C18H15NO4. The molecule has 2 aliphatic rings. The summed E-state index contributed by atoms with van der Waals surface area (Å²) >= 11 is 0. The van der Waals surface area contributed by atoms with Crippen molar-refractivity contribution in [3.8, 4) is 5.75 Å². The van der Waals surface area contributed by atoms with Gasteiger partial charge in [-0.25, -0.2) is 0 Å². The fraction of sp³-hybridized carbons (Fsp3) is 0.222. The molecule has 2 aromatic carbocycles. The molecule has 23 heavy (non-hydrogen) atoms. The number of aliphatic carboxylic acids is 1. The van der Waals surface area contributed by atoms with Gasteiger partial charge in [0.1, 0.15) is 24.2 Å². The molecule has 0 saturated heterocycles. The van der Waals surface area contributed by atoms with Gasteiger partial charge in [-0.2, -0.15) is 0 Å². The number of anilines is 1. The molecule has 5 nitrogen and oxygen atoms in total. The van der Waals surface area contributed by atoms with E-state index in [4.69, 9.17) is 4.74 Å². The van der Waals surface area contributed by atoms with Crippen molar-refractivity contribution in [1.82, 2.24) is 0 Å². The summed E-state index contributed by atoms with van der Waals surface area (Å²) < 4.78 is 5.59. The van der Waals surface area contributed by atoms with Gasteiger partial charge in [-0.3, -0.25) is 9.59 Å². The van der Waals surface area contributed by atoms with Crippen molar-refractivity contribution < 1.29 is 19.4 Å². The number of carbonyl (C=O) groups is 2. The van der Waals surface area contributed by atoms with Crippen LogP contribution in [0.4, 0.5) is 5.69 Å². The average Bonchev–Trinajstić information content (AvgIpc) is 3.16. The van der Waals surface area contributed by atoms with Crippen LogP contribution in [0.2, 0.25) is 0 Å². The summed E-state index contributed by atoms with van der Waals surface area (Å²) in [7, 11) is 0. The molecule has 1 N–H and O–H groups in total. The number of carbonyl (C=O) groups excluding carboxylic acids is 1. The number of rotatable bonds is 2. The van der Waals surface area contributed by atoms with Crippen molar-refractivity contribution in [2.45, 2.75) is 11.8 Å². The first-order valence-electron chi connectivity index (χ1n) is 7.51. The van der Waals surface area contributed by atoms with E-state index in [-0.39, 0.29) is 18.4 Å². The summed E-state index contributed by atoms with van der Waals surface area (Å²) in [6.07, 6.45) is 0. The average molecular weight is 309 g/mol. The van der Waals surface area contributed by atoms with E-state index >= 15 is 0 Å². The Bertz CT molecular complexity index is 801. The molecule has 2 unspecified atom stereocenters. The van der Waals surface area contributed by atoms with E-state index in [9.17, 15) is 14.7 Å². The van der Waals surface area contributed by atoms with Gasteiger partial charge in [0.25, 0.3) is 0 Å². The maximum atomic E-state index is 13.0. The number of ether oxygens (including phenoxy) is 1. The van der Waals surface area contributed by atoms with Crippen molar-refractivity contribution in [3.05, 3.63) is 59.7 Å². The summed E-state index contributed by atoms with van der Waals surface area (Å²) in [5.41, 5.74) is 2.25. The second-order valence-electron chi connectivity index (χ2n) is 5.80. The zero-order chi connectivity index (χ0) is 16.0. The molecule has 0 radical (unpaired) electrons. The molecule has 4 rings (SSSR count). The molecule has 0 aliphatic carbocycles. The number of nitrogens with zero attached hydrogens (tertiary/aromatic N) is 1. The molecule has 5 heteroatoms. The van der Waals surface area contributed by atoms with Gasteiger partial charge in [-0.15, -0.1) is 0 Å². The van der Waals surface area contributed by atoms with Crippen molar-refractivity contribution in [1.29, 1.82) is 0 Å². The first-order chi connectivity index (χ1) is 11.2. The van der Waals surface area contributed by atoms with E-state index in [1.165, 1.54) is 0 Å². The Morgan fingerprint density at radius 2 is 1.70 bits per heavy atom. The van der Waals surface area contributed by atoms with Crippen LogP contribution in [0.5, 0.6) is 5.75 Å². The van der Waals surface area contributed by atoms with Gasteiger partial charge in [-0.1, -0.05) is 36.4 Å². The summed E-state index contributed by atoms with van der Waals surface area (Å²) in [5.74, 6) is -1.34. The quantitative estimate of drug-likeness (QED) is 0.925. The third kappa shape index (κ3) is 2.08. The first-order valence-corrected chi connectivity index (χ1v) is 7.51. The van der Waals surface area contributed by atoms with Crippen molar-refractivity contribution in [2.24, 2.45) is 0 Å². The SMILES string of the molecule is O=C(O)C1CN(C(=O)C2COc3ccccc32)c2ccccc21. The molecule has 2 heterocycles. The molecule has 0 aromatic heterocycles. The van der Waals surface area contributed by atoms with Gasteiger partial charge in [0.05, 0.1) is 0 Å². The molecule has 2 aromatic rings. The highest BCUT2D eigenvalue weighted by molar-refractivity contribution is 6.03. The lowest BCUT2D eigenvalue weighted by molar-refractivity contribution is -0.138. The Balaban J connectivity index is 1.70. The topological polar surface area (TPSA) is 66.8 Å². The van der Waals surface area contributed by atoms with Gasteiger partial charge in [-0.05, 0) is 17.7 Å². The smallest absolute Gasteiger partial charge is 0.312 e. The summed E-state index contributed by atoms with van der Waals surface area (Å²) in [4.78, 5) is 26.1. The molecular weight excluding hydrogens is 294 g/mol. The largest absolute Gasteiger partial charge is 0.492 e. The molecule has 0 saturated carbocycles. The van der Waals surface area contributed by atoms with Crippen LogP contribution < -0.4 is 9.64 Å². The number of carboxylic acids is 1. The summed E-state index contributed by atoms with van der Waals surface area (Å²) in [6, 6.07) is 14.7. The Morgan fingerprint density at radius 3 is 2.48 bits per heavy atom. The van der Waals surface area contributed by atoms with Crippen LogP contribution in [0.25, 0.3) is 0 Å². The van der Waals surface area contributed by atoms with Crippen LogP contribution in [0.15, 0.2) is 48.5 Å². The number of fused-ring (bicyclic) bond motifs is 2. The van der Waals surface area contributed by atoms with Crippen LogP contribution in [-0.2, 0) is 9.59 Å². The normalized spacial score (nSPS) is 21.5. The number of hydrogen-bond acceptors (Lipinski definition) is 3. The highest BCUT2D eigenvalue weighted by atomic mass is 16.5. The molecule has 0 spiro atoms. The minimum atomic E-state index is -0.907. The molecule has 0 fully saturated rings. The van der Waals surface area contributed by atoms with Gasteiger partial charge in [0.2, 0.25) is 5.91 Å². The van der Waals surface area contributed by atoms with Crippen molar-refractivity contribution in [3.63, 3.8) is 0 Å². The molecule has 1 amide bonds. The van der Waals surface area contributed by atoms with Gasteiger partial charge < -0.3 is 14.7 Å². The number of amides is 1. The monoisotopic (exact) mass is 309 g/mol. The van der Waals surface area contributed by atoms with Crippen LogP contribution in [0.3, 0.4) is 0 Å². The second kappa shape index (κ2) is 5.12. The Hall–Kier alpha value is -2.82. The summed E-state index contributed by atoms with van der Waals surface area (Å²) in [5, 5.41) is 9.42. The number of benzene rings is 2. The molecule has 2 atom stereocenters. The Morgan fingerprint density at radius 1 is 1.00 bits per heavy atom. The van der Waals surface area contributed by atoms with Gasteiger partial charge in [0.15, 0.2) is 0 Å². The first kappa shape index (κ1) is 13.8. The standard InChI is InChI=1S/C18H15NO4/c20-17(14-10-23-16-8-4-2-6-12(14)16)19-9-13(18(21)22)11-5-1-3-7-15(11)19/h1-8,13-14H,9-10H2,(H,21,22). The zero-order valence-corrected chi connectivity index (χ0v) is 12.3. The van der Waals surface area contributed by atoms with Crippen LogP contribution in [-0.4, -0.2) is 30.1 Å². The van der Waals surface area contributed by atoms with E-state index in [2.05, 4.69) is 0 Å². The number of carboxylic acid groups (broad SMARTS) is 1. The van der Waals surface area contributed by atoms with Gasteiger partial charge >= 0.3 is 5.97 Å². The fourth-order valence-corrected chi connectivity index (χ4v) is 3.38. The predicted molar refractivity (Wildman–Crippen MR) is 83.8 cm³/mol. The maximum absolute atomic E-state index is 13.0. The second-order valence-corrected chi connectivity index (χ2v) is 5.80. The van der Waals surface area contributed by atoms with E-state index in [0.717, 1.165) is 11.3 Å². The van der Waals surface area contributed by atoms with E-state index < -0.39 is 11.9 Å². The zero-order valence-electron chi connectivity index (χ0n) is 12.3. The van der Waals surface area contributed by atoms with Crippen molar-refractivity contribution >= 4 is 17.6 Å². The number of para-hydroxylation sites is 2. The third-order valence-electron chi connectivity index (χ3n) is 4.53. The summed E-state index contributed by atoms with van der Waals surface area (Å²) in [6.45, 7) is 0.473. The highest BCUT2D eigenvalue weighted by Gasteiger charge is 2.41. The maximum Gasteiger partial charge on any atom is 0.312 e. The fourth-order valence-electron chi connectivity index (χ4n) is 3.38. The van der Waals surface area contributed by atoms with Crippen LogP contribution in [0.1, 0.15) is 23.0 Å². The third-order valence-corrected chi connectivity index (χ3v) is 4.53. The number of hydrogen-bond donors (Lipinski definition) is 1. The highest BCUT2D eigenvalue weighted by Crippen LogP contribution is 2.41. The van der Waals surface area contributed by atoms with Crippen LogP contribution >= 0.6 is 0 Å². The molecule has 116 valence electrons. The Labute approximate surface area is 133 Å². The van der Waals surface area contributed by atoms with E-state index in [1.54, 1.807) is 23.1 Å². The van der Waals surface area contributed by atoms with E-state index in [1.807, 2.05) is 30.3 Å². The van der Waals surface area contributed by atoms with E-state index in [0.29, 0.717) is 17.9 Å². The lowest BCUT2D eigenvalue weighted by Crippen LogP contribution is -2.35. The molecule has 0 bridgehead atoms. The minimum Gasteiger partial charge on any atom is -0.492 e. The minimum absolute atomic E-state index is 0.105. The van der Waals surface area contributed by atoms with Gasteiger partial charge in [0, 0.05) is 17.8 Å². The Kier molecular flexibility index (Phi) is 3.08. The van der Waals surface area contributed by atoms with Crippen molar-refractivity contribution in [2.75, 3.05) is 18.1 Å². The van der Waals surface area contributed by atoms with Crippen LogP contribution in [0, 0.1) is 0 Å². The predicted octanol–water partition coefficient (Wildman–Crippen LogP) is 2.38. The molecule has 2 aliphatic heterocycles. The lowest BCUT2D eigenvalue weighted by Gasteiger charge is -2.21.